The summed E-state index contributed by atoms with van der Waals surface area (Å²) in [5, 5.41) is 13.3. The van der Waals surface area contributed by atoms with Gasteiger partial charge >= 0.3 is 0 Å². The van der Waals surface area contributed by atoms with Crippen molar-refractivity contribution in [2.45, 2.75) is 12.6 Å². The van der Waals surface area contributed by atoms with Gasteiger partial charge in [-0.15, -0.1) is 6.42 Å². The molecule has 0 aliphatic carbocycles. The summed E-state index contributed by atoms with van der Waals surface area (Å²) in [7, 11) is 0. The minimum atomic E-state index is -0.496. The second-order valence-corrected chi connectivity index (χ2v) is 4.69. The highest BCUT2D eigenvalue weighted by atomic mass is 16.5. The minimum absolute atomic E-state index is 0.279. The fourth-order valence-electron chi connectivity index (χ4n) is 1.97. The van der Waals surface area contributed by atoms with Crippen LogP contribution < -0.4 is 10.1 Å². The van der Waals surface area contributed by atoms with Crippen LogP contribution >= 0.6 is 0 Å². The Bertz CT molecular complexity index is 572. The van der Waals surface area contributed by atoms with Gasteiger partial charge in [-0.05, 0) is 23.3 Å². The van der Waals surface area contributed by atoms with Crippen LogP contribution in [0.3, 0.4) is 0 Å². The molecule has 0 aliphatic heterocycles. The summed E-state index contributed by atoms with van der Waals surface area (Å²) in [5.74, 6) is 3.20. The first-order chi connectivity index (χ1) is 10.3. The molecular formula is C18H19NO2. The van der Waals surface area contributed by atoms with Crippen molar-refractivity contribution in [3.05, 3.63) is 65.7 Å². The third-order valence-electron chi connectivity index (χ3n) is 3.10. The van der Waals surface area contributed by atoms with E-state index in [2.05, 4.69) is 11.2 Å². The van der Waals surface area contributed by atoms with Gasteiger partial charge in [0.25, 0.3) is 0 Å². The van der Waals surface area contributed by atoms with Gasteiger partial charge in [0.1, 0.15) is 12.4 Å². The number of aliphatic hydroxyl groups excluding tert-OH is 1. The first-order valence-electron chi connectivity index (χ1n) is 6.88. The van der Waals surface area contributed by atoms with Gasteiger partial charge in [-0.25, -0.2) is 0 Å². The van der Waals surface area contributed by atoms with Gasteiger partial charge in [0, 0.05) is 13.1 Å². The first kappa shape index (κ1) is 15.1. The van der Waals surface area contributed by atoms with Crippen molar-refractivity contribution in [3.63, 3.8) is 0 Å². The van der Waals surface area contributed by atoms with Gasteiger partial charge < -0.3 is 15.2 Å². The molecule has 0 aliphatic rings. The topological polar surface area (TPSA) is 41.5 Å². The lowest BCUT2D eigenvalue weighted by Gasteiger charge is -2.12. The number of terminal acetylenes is 1. The molecule has 0 fully saturated rings. The van der Waals surface area contributed by atoms with Crippen molar-refractivity contribution in [2.24, 2.45) is 0 Å². The highest BCUT2D eigenvalue weighted by Crippen LogP contribution is 2.13. The molecule has 2 aromatic rings. The molecule has 0 heterocycles. The van der Waals surface area contributed by atoms with Crippen molar-refractivity contribution in [2.75, 3.05) is 13.2 Å². The van der Waals surface area contributed by atoms with Gasteiger partial charge in [0.2, 0.25) is 0 Å². The summed E-state index contributed by atoms with van der Waals surface area (Å²) in [6, 6.07) is 17.4. The Morgan fingerprint density at radius 2 is 1.81 bits per heavy atom. The molecule has 2 N–H and O–H groups in total. The number of aliphatic hydroxyl groups is 1. The molecule has 0 amide bonds. The maximum Gasteiger partial charge on any atom is 0.148 e. The zero-order valence-electron chi connectivity index (χ0n) is 11.8. The van der Waals surface area contributed by atoms with E-state index < -0.39 is 6.10 Å². The predicted molar refractivity (Wildman–Crippen MR) is 83.9 cm³/mol. The summed E-state index contributed by atoms with van der Waals surface area (Å²) < 4.78 is 5.31. The fourth-order valence-corrected chi connectivity index (χ4v) is 1.97. The zero-order chi connectivity index (χ0) is 14.9. The number of ether oxygens (including phenoxy) is 1. The third kappa shape index (κ3) is 4.96. The summed E-state index contributed by atoms with van der Waals surface area (Å²) in [4.78, 5) is 0. The highest BCUT2D eigenvalue weighted by Gasteiger charge is 2.05. The molecule has 0 aromatic heterocycles. The van der Waals surface area contributed by atoms with E-state index in [1.54, 1.807) is 0 Å². The average molecular weight is 281 g/mol. The maximum absolute atomic E-state index is 10.0. The van der Waals surface area contributed by atoms with Crippen LogP contribution in [0.2, 0.25) is 0 Å². The van der Waals surface area contributed by atoms with Crippen LogP contribution in [-0.4, -0.2) is 18.3 Å². The molecule has 0 bridgehead atoms. The van der Waals surface area contributed by atoms with E-state index in [0.717, 1.165) is 16.9 Å². The van der Waals surface area contributed by atoms with Gasteiger partial charge in [-0.1, -0.05) is 48.4 Å². The van der Waals surface area contributed by atoms with E-state index in [9.17, 15) is 5.11 Å². The standard InChI is InChI=1S/C18H19NO2/c1-2-12-21-17-10-8-15(9-11-17)13-19-14-18(20)16-6-4-3-5-7-16/h1,3-11,18-20H,12-14H2/t18-/m0/s1. The molecule has 2 aromatic carbocycles. The van der Waals surface area contributed by atoms with Crippen LogP contribution in [0.4, 0.5) is 0 Å². The highest BCUT2D eigenvalue weighted by molar-refractivity contribution is 5.27. The Labute approximate surface area is 125 Å². The number of benzene rings is 2. The Kier molecular flexibility index (Phi) is 5.83. The lowest BCUT2D eigenvalue weighted by molar-refractivity contribution is 0.174. The van der Waals surface area contributed by atoms with E-state index in [1.165, 1.54) is 0 Å². The Hall–Kier alpha value is -2.28. The van der Waals surface area contributed by atoms with Gasteiger partial charge in [0.15, 0.2) is 0 Å². The second kappa shape index (κ2) is 8.11. The van der Waals surface area contributed by atoms with E-state index in [-0.39, 0.29) is 6.61 Å². The van der Waals surface area contributed by atoms with Crippen LogP contribution in [0.15, 0.2) is 54.6 Å². The number of rotatable bonds is 7. The molecule has 0 saturated carbocycles. The molecule has 0 saturated heterocycles. The lowest BCUT2D eigenvalue weighted by Crippen LogP contribution is -2.20. The van der Waals surface area contributed by atoms with Gasteiger partial charge in [0.05, 0.1) is 6.10 Å². The molecule has 21 heavy (non-hydrogen) atoms. The van der Waals surface area contributed by atoms with Crippen molar-refractivity contribution < 1.29 is 9.84 Å². The SMILES string of the molecule is C#CCOc1ccc(CNC[C@H](O)c2ccccc2)cc1. The van der Waals surface area contributed by atoms with Crippen LogP contribution in [0.5, 0.6) is 5.75 Å². The van der Waals surface area contributed by atoms with Crippen LogP contribution in [0, 0.1) is 12.3 Å². The quantitative estimate of drug-likeness (QED) is 0.766. The largest absolute Gasteiger partial charge is 0.481 e. The number of hydrogen-bond donors (Lipinski definition) is 2. The molecule has 1 atom stereocenters. The summed E-state index contributed by atoms with van der Waals surface area (Å²) >= 11 is 0. The van der Waals surface area contributed by atoms with Crippen molar-refractivity contribution in [3.8, 4) is 18.1 Å². The Morgan fingerprint density at radius 1 is 1.10 bits per heavy atom. The third-order valence-corrected chi connectivity index (χ3v) is 3.10. The molecule has 0 radical (unpaired) electrons. The first-order valence-corrected chi connectivity index (χ1v) is 6.88. The zero-order valence-corrected chi connectivity index (χ0v) is 11.8. The molecule has 3 heteroatoms. The number of hydrogen-bond acceptors (Lipinski definition) is 3. The fraction of sp³-hybridized carbons (Fsp3) is 0.222. The van der Waals surface area contributed by atoms with Gasteiger partial charge in [-0.2, -0.15) is 0 Å². The Morgan fingerprint density at radius 3 is 2.48 bits per heavy atom. The molecule has 0 unspecified atom stereocenters. The Balaban J connectivity index is 1.77. The summed E-state index contributed by atoms with van der Waals surface area (Å²) in [5.41, 5.74) is 2.05. The molecule has 108 valence electrons. The lowest BCUT2D eigenvalue weighted by atomic mass is 10.1. The van der Waals surface area contributed by atoms with Crippen molar-refractivity contribution in [1.82, 2.24) is 5.32 Å². The molecule has 2 rings (SSSR count). The van der Waals surface area contributed by atoms with E-state index in [1.807, 2.05) is 54.6 Å². The normalized spacial score (nSPS) is 11.6. The summed E-state index contributed by atoms with van der Waals surface area (Å²) in [6.07, 6.45) is 4.64. The van der Waals surface area contributed by atoms with E-state index >= 15 is 0 Å². The van der Waals surface area contributed by atoms with E-state index in [4.69, 9.17) is 11.2 Å². The second-order valence-electron chi connectivity index (χ2n) is 4.69. The monoisotopic (exact) mass is 281 g/mol. The molecular weight excluding hydrogens is 262 g/mol. The van der Waals surface area contributed by atoms with E-state index in [0.29, 0.717) is 13.1 Å². The smallest absolute Gasteiger partial charge is 0.148 e. The number of nitrogens with one attached hydrogen (secondary N) is 1. The van der Waals surface area contributed by atoms with Crippen molar-refractivity contribution >= 4 is 0 Å². The molecule has 0 spiro atoms. The average Bonchev–Trinajstić information content (AvgIpc) is 2.55. The van der Waals surface area contributed by atoms with Gasteiger partial charge in [-0.3, -0.25) is 0 Å². The van der Waals surface area contributed by atoms with Crippen LogP contribution in [0.25, 0.3) is 0 Å². The minimum Gasteiger partial charge on any atom is -0.481 e. The summed E-state index contributed by atoms with van der Waals surface area (Å²) in [6.45, 7) is 1.49. The predicted octanol–water partition coefficient (Wildman–Crippen LogP) is 2.52. The van der Waals surface area contributed by atoms with Crippen LogP contribution in [0.1, 0.15) is 17.2 Å². The molecule has 3 nitrogen and oxygen atoms in total. The maximum atomic E-state index is 10.0. The van der Waals surface area contributed by atoms with Crippen LogP contribution in [-0.2, 0) is 6.54 Å². The van der Waals surface area contributed by atoms with Crippen molar-refractivity contribution in [1.29, 1.82) is 0 Å².